The van der Waals surface area contributed by atoms with E-state index in [2.05, 4.69) is 36.1 Å². The van der Waals surface area contributed by atoms with Gasteiger partial charge in [-0.3, -0.25) is 4.90 Å². The minimum absolute atomic E-state index is 0.134. The molecule has 1 fully saturated rings. The average Bonchev–Trinajstić information content (AvgIpc) is 2.64. The number of halogens is 2. The van der Waals surface area contributed by atoms with Crippen LogP contribution in [0.4, 0.5) is 0 Å². The Kier molecular flexibility index (Phi) is 6.81. The van der Waals surface area contributed by atoms with Crippen molar-refractivity contribution in [3.05, 3.63) is 69.7 Å². The molecule has 2 aromatic rings. The molecule has 3 heteroatoms. The van der Waals surface area contributed by atoms with Crippen molar-refractivity contribution in [1.82, 2.24) is 4.90 Å². The van der Waals surface area contributed by atoms with Crippen LogP contribution >= 0.6 is 23.2 Å². The zero-order chi connectivity index (χ0) is 17.6. The highest BCUT2D eigenvalue weighted by atomic mass is 35.5. The van der Waals surface area contributed by atoms with Gasteiger partial charge >= 0.3 is 0 Å². The fourth-order valence-electron chi connectivity index (χ4n) is 3.95. The molecule has 1 aliphatic heterocycles. The van der Waals surface area contributed by atoms with Crippen LogP contribution < -0.4 is 0 Å². The van der Waals surface area contributed by atoms with Gasteiger partial charge in [0.15, 0.2) is 0 Å². The zero-order valence-corrected chi connectivity index (χ0v) is 16.4. The largest absolute Gasteiger partial charge is 0.292 e. The maximum atomic E-state index is 6.57. The van der Waals surface area contributed by atoms with Gasteiger partial charge in [-0.2, -0.15) is 0 Å². The Balaban J connectivity index is 1.86. The second kappa shape index (κ2) is 9.07. The molecule has 0 aliphatic carbocycles. The van der Waals surface area contributed by atoms with Gasteiger partial charge in [0, 0.05) is 10.0 Å². The normalized spacial score (nSPS) is 16.5. The molecule has 3 rings (SSSR count). The smallest absolute Gasteiger partial charge is 0.0631 e. The summed E-state index contributed by atoms with van der Waals surface area (Å²) in [6, 6.07) is 16.5. The predicted octanol–water partition coefficient (Wildman–Crippen LogP) is 6.99. The van der Waals surface area contributed by atoms with Crippen molar-refractivity contribution in [2.75, 3.05) is 13.1 Å². The lowest BCUT2D eigenvalue weighted by molar-refractivity contribution is 0.146. The number of likely N-dealkylation sites (tertiary alicyclic amines) is 1. The van der Waals surface area contributed by atoms with E-state index in [0.29, 0.717) is 0 Å². The Morgan fingerprint density at radius 2 is 1.44 bits per heavy atom. The van der Waals surface area contributed by atoms with E-state index in [-0.39, 0.29) is 6.04 Å². The van der Waals surface area contributed by atoms with Crippen LogP contribution in [-0.2, 0) is 0 Å². The highest BCUT2D eigenvalue weighted by Crippen LogP contribution is 2.39. The standard InChI is InChI=1S/C22H27Cl2N/c1-2-3-8-17-13-15-25(16-14-17)22(18-9-4-6-11-20(18)23)19-10-5-7-12-21(19)24/h4-7,9-12,17,22H,2-3,8,13-16H2,1H3. The van der Waals surface area contributed by atoms with Crippen molar-refractivity contribution in [2.45, 2.75) is 45.1 Å². The van der Waals surface area contributed by atoms with E-state index in [0.717, 1.165) is 40.2 Å². The number of hydrogen-bond acceptors (Lipinski definition) is 1. The van der Waals surface area contributed by atoms with Gasteiger partial charge < -0.3 is 0 Å². The zero-order valence-electron chi connectivity index (χ0n) is 14.9. The third-order valence-electron chi connectivity index (χ3n) is 5.38. The maximum Gasteiger partial charge on any atom is 0.0631 e. The molecule has 1 heterocycles. The summed E-state index contributed by atoms with van der Waals surface area (Å²) in [5.41, 5.74) is 2.31. The summed E-state index contributed by atoms with van der Waals surface area (Å²) in [6.07, 6.45) is 6.55. The summed E-state index contributed by atoms with van der Waals surface area (Å²) in [4.78, 5) is 2.56. The number of piperidine rings is 1. The summed E-state index contributed by atoms with van der Waals surface area (Å²) < 4.78 is 0. The molecule has 0 atom stereocenters. The molecule has 134 valence electrons. The van der Waals surface area contributed by atoms with Gasteiger partial charge in [-0.15, -0.1) is 0 Å². The van der Waals surface area contributed by atoms with Crippen molar-refractivity contribution in [3.63, 3.8) is 0 Å². The molecule has 0 amide bonds. The average molecular weight is 376 g/mol. The minimum Gasteiger partial charge on any atom is -0.292 e. The van der Waals surface area contributed by atoms with Gasteiger partial charge in [0.05, 0.1) is 6.04 Å². The lowest BCUT2D eigenvalue weighted by atomic mass is 9.88. The number of hydrogen-bond donors (Lipinski definition) is 0. The summed E-state index contributed by atoms with van der Waals surface area (Å²) >= 11 is 13.1. The van der Waals surface area contributed by atoms with E-state index < -0.39 is 0 Å². The van der Waals surface area contributed by atoms with E-state index >= 15 is 0 Å². The Morgan fingerprint density at radius 3 is 1.92 bits per heavy atom. The Hall–Kier alpha value is -1.02. The van der Waals surface area contributed by atoms with Crippen molar-refractivity contribution in [3.8, 4) is 0 Å². The first-order valence-electron chi connectivity index (χ1n) is 9.43. The van der Waals surface area contributed by atoms with Crippen LogP contribution in [0.15, 0.2) is 48.5 Å². The topological polar surface area (TPSA) is 3.24 Å². The quantitative estimate of drug-likeness (QED) is 0.525. The Morgan fingerprint density at radius 1 is 0.920 bits per heavy atom. The molecule has 25 heavy (non-hydrogen) atoms. The molecule has 1 aliphatic rings. The summed E-state index contributed by atoms with van der Waals surface area (Å²) in [5.74, 6) is 0.870. The highest BCUT2D eigenvalue weighted by molar-refractivity contribution is 6.32. The fourth-order valence-corrected chi connectivity index (χ4v) is 4.43. The number of benzene rings is 2. The van der Waals surface area contributed by atoms with Crippen LogP contribution in [0.3, 0.4) is 0 Å². The first-order chi connectivity index (χ1) is 12.2. The molecule has 0 unspecified atom stereocenters. The van der Waals surface area contributed by atoms with Crippen LogP contribution in [0, 0.1) is 5.92 Å². The minimum atomic E-state index is 0.134. The van der Waals surface area contributed by atoms with Gasteiger partial charge in [-0.25, -0.2) is 0 Å². The first-order valence-corrected chi connectivity index (χ1v) is 10.2. The molecule has 0 spiro atoms. The van der Waals surface area contributed by atoms with Gasteiger partial charge in [-0.1, -0.05) is 85.8 Å². The van der Waals surface area contributed by atoms with E-state index in [9.17, 15) is 0 Å². The molecule has 0 radical (unpaired) electrons. The van der Waals surface area contributed by atoms with E-state index in [1.54, 1.807) is 0 Å². The van der Waals surface area contributed by atoms with E-state index in [1.165, 1.54) is 32.1 Å². The number of unbranched alkanes of at least 4 members (excludes halogenated alkanes) is 1. The second-order valence-electron chi connectivity index (χ2n) is 7.07. The van der Waals surface area contributed by atoms with Crippen LogP contribution in [0.5, 0.6) is 0 Å². The molecule has 0 aromatic heterocycles. The SMILES string of the molecule is CCCCC1CCN(C(c2ccccc2Cl)c2ccccc2Cl)CC1. The van der Waals surface area contributed by atoms with Gasteiger partial charge in [-0.05, 0) is 55.1 Å². The van der Waals surface area contributed by atoms with Crippen molar-refractivity contribution >= 4 is 23.2 Å². The van der Waals surface area contributed by atoms with Gasteiger partial charge in [0.2, 0.25) is 0 Å². The second-order valence-corrected chi connectivity index (χ2v) is 7.88. The summed E-state index contributed by atoms with van der Waals surface area (Å²) in [7, 11) is 0. The molecule has 1 nitrogen and oxygen atoms in total. The third-order valence-corrected chi connectivity index (χ3v) is 6.07. The highest BCUT2D eigenvalue weighted by Gasteiger charge is 2.29. The number of nitrogens with zero attached hydrogens (tertiary/aromatic N) is 1. The van der Waals surface area contributed by atoms with Crippen LogP contribution in [-0.4, -0.2) is 18.0 Å². The van der Waals surface area contributed by atoms with Crippen molar-refractivity contribution in [2.24, 2.45) is 5.92 Å². The van der Waals surface area contributed by atoms with E-state index in [4.69, 9.17) is 23.2 Å². The molecular weight excluding hydrogens is 349 g/mol. The molecule has 2 aromatic carbocycles. The summed E-state index contributed by atoms with van der Waals surface area (Å²) in [5, 5.41) is 1.64. The van der Waals surface area contributed by atoms with Gasteiger partial charge in [0.1, 0.15) is 0 Å². The molecule has 0 bridgehead atoms. The monoisotopic (exact) mass is 375 g/mol. The predicted molar refractivity (Wildman–Crippen MR) is 109 cm³/mol. The summed E-state index contributed by atoms with van der Waals surface area (Å²) in [6.45, 7) is 4.49. The van der Waals surface area contributed by atoms with Gasteiger partial charge in [0.25, 0.3) is 0 Å². The fraction of sp³-hybridized carbons (Fsp3) is 0.455. The van der Waals surface area contributed by atoms with Crippen LogP contribution in [0.2, 0.25) is 10.0 Å². The van der Waals surface area contributed by atoms with Crippen LogP contribution in [0.25, 0.3) is 0 Å². The molecule has 1 saturated heterocycles. The molecular formula is C22H27Cl2N. The van der Waals surface area contributed by atoms with Crippen LogP contribution in [0.1, 0.15) is 56.2 Å². The molecule has 0 saturated carbocycles. The van der Waals surface area contributed by atoms with Crippen molar-refractivity contribution < 1.29 is 0 Å². The third kappa shape index (κ3) is 4.58. The van der Waals surface area contributed by atoms with E-state index in [1.807, 2.05) is 24.3 Å². The van der Waals surface area contributed by atoms with Crippen molar-refractivity contribution in [1.29, 1.82) is 0 Å². The Bertz CT molecular complexity index is 632. The first kappa shape index (κ1) is 18.8. The lowest BCUT2D eigenvalue weighted by Crippen LogP contribution is -2.37. The molecule has 0 N–H and O–H groups in total. The lowest BCUT2D eigenvalue weighted by Gasteiger charge is -2.38. The number of rotatable bonds is 6. The Labute approximate surface area is 161 Å². The maximum absolute atomic E-state index is 6.57.